The summed E-state index contributed by atoms with van der Waals surface area (Å²) in [6, 6.07) is 7.38. The molecule has 4 heteroatoms. The summed E-state index contributed by atoms with van der Waals surface area (Å²) in [4.78, 5) is 15.7. The lowest BCUT2D eigenvalue weighted by Crippen LogP contribution is -2.56. The molecule has 1 amide bonds. The average molecular weight is 505 g/mol. The number of fused-ring (bicyclic) bond motifs is 3. The van der Waals surface area contributed by atoms with Crippen molar-refractivity contribution in [2.24, 2.45) is 11.3 Å². The van der Waals surface area contributed by atoms with Gasteiger partial charge in [0.1, 0.15) is 6.17 Å². The van der Waals surface area contributed by atoms with Gasteiger partial charge in [0.25, 0.3) is 5.91 Å². The van der Waals surface area contributed by atoms with Crippen LogP contribution in [0.15, 0.2) is 29.3 Å². The number of benzene rings is 1. The van der Waals surface area contributed by atoms with Crippen LogP contribution in [0.1, 0.15) is 115 Å². The van der Waals surface area contributed by atoms with Crippen LogP contribution in [0.5, 0.6) is 0 Å². The molecule has 6 rings (SSSR count). The summed E-state index contributed by atoms with van der Waals surface area (Å²) >= 11 is 0. The SMILES string of the molecule is CC(C)c1ccc2c(c1)CC[C@@H]1[C@](C)(CN[C@@H]3C4=C(CCCC4)C(=O)N3C[C@H]3CCCO3)CCC[C@@]21C. The van der Waals surface area contributed by atoms with Gasteiger partial charge in [-0.3, -0.25) is 10.1 Å². The topological polar surface area (TPSA) is 41.6 Å². The van der Waals surface area contributed by atoms with E-state index in [1.54, 1.807) is 11.1 Å². The first-order valence-corrected chi connectivity index (χ1v) is 15.3. The third kappa shape index (κ3) is 4.40. The summed E-state index contributed by atoms with van der Waals surface area (Å²) in [6.45, 7) is 12.3. The van der Waals surface area contributed by atoms with E-state index in [9.17, 15) is 4.79 Å². The van der Waals surface area contributed by atoms with E-state index in [2.05, 4.69) is 56.1 Å². The lowest BCUT2D eigenvalue weighted by molar-refractivity contribution is -0.129. The van der Waals surface area contributed by atoms with Crippen LogP contribution in [-0.4, -0.2) is 42.8 Å². The molecule has 2 heterocycles. The molecule has 1 saturated heterocycles. The van der Waals surface area contributed by atoms with E-state index in [0.29, 0.717) is 11.8 Å². The number of ether oxygens (including phenoxy) is 1. The number of hydrogen-bond donors (Lipinski definition) is 1. The number of nitrogens with one attached hydrogen (secondary N) is 1. The molecule has 0 bridgehead atoms. The summed E-state index contributed by atoms with van der Waals surface area (Å²) in [5.74, 6) is 1.54. The monoisotopic (exact) mass is 504 g/mol. The molecular weight excluding hydrogens is 456 g/mol. The van der Waals surface area contributed by atoms with Crippen molar-refractivity contribution in [3.8, 4) is 0 Å². The third-order valence-electron chi connectivity index (χ3n) is 11.0. The Balaban J connectivity index is 1.24. The van der Waals surface area contributed by atoms with Gasteiger partial charge < -0.3 is 9.64 Å². The van der Waals surface area contributed by atoms with Crippen molar-refractivity contribution in [1.29, 1.82) is 0 Å². The van der Waals surface area contributed by atoms with Crippen molar-refractivity contribution in [2.45, 2.75) is 122 Å². The second-order valence-corrected chi connectivity index (χ2v) is 13.7. The maximum atomic E-state index is 13.5. The minimum absolute atomic E-state index is 0.0708. The fraction of sp³-hybridized carbons (Fsp3) is 0.727. The number of rotatable bonds is 6. The fourth-order valence-corrected chi connectivity index (χ4v) is 8.93. The molecule has 1 aromatic rings. The number of nitrogens with zero attached hydrogens (tertiary/aromatic N) is 1. The summed E-state index contributed by atoms with van der Waals surface area (Å²) in [7, 11) is 0. The molecule has 4 nitrogen and oxygen atoms in total. The van der Waals surface area contributed by atoms with E-state index < -0.39 is 0 Å². The highest BCUT2D eigenvalue weighted by Crippen LogP contribution is 2.57. The predicted molar refractivity (Wildman–Crippen MR) is 150 cm³/mol. The Morgan fingerprint density at radius 1 is 1.05 bits per heavy atom. The Hall–Kier alpha value is -1.65. The Bertz CT molecular complexity index is 1070. The van der Waals surface area contributed by atoms with Crippen LogP contribution in [0.3, 0.4) is 0 Å². The summed E-state index contributed by atoms with van der Waals surface area (Å²) in [6.07, 6.45) is 13.2. The zero-order valence-corrected chi connectivity index (χ0v) is 23.7. The zero-order valence-electron chi connectivity index (χ0n) is 23.7. The minimum Gasteiger partial charge on any atom is -0.376 e. The Labute approximate surface area is 224 Å². The highest BCUT2D eigenvalue weighted by atomic mass is 16.5. The van der Waals surface area contributed by atoms with E-state index in [-0.39, 0.29) is 29.0 Å². The van der Waals surface area contributed by atoms with Crippen molar-refractivity contribution in [2.75, 3.05) is 19.7 Å². The molecule has 202 valence electrons. The first kappa shape index (κ1) is 25.6. The number of amides is 1. The van der Waals surface area contributed by atoms with Gasteiger partial charge in [0, 0.05) is 25.3 Å². The summed E-state index contributed by atoms with van der Waals surface area (Å²) in [5.41, 5.74) is 7.69. The number of hydrogen-bond acceptors (Lipinski definition) is 3. The quantitative estimate of drug-likeness (QED) is 0.473. The number of aryl methyl sites for hydroxylation is 1. The van der Waals surface area contributed by atoms with Crippen molar-refractivity contribution >= 4 is 5.91 Å². The molecule has 1 N–H and O–H groups in total. The second kappa shape index (κ2) is 9.83. The van der Waals surface area contributed by atoms with E-state index in [1.165, 1.54) is 49.7 Å². The van der Waals surface area contributed by atoms with Gasteiger partial charge in [0.2, 0.25) is 0 Å². The molecule has 0 spiro atoms. The van der Waals surface area contributed by atoms with Crippen molar-refractivity contribution in [3.05, 3.63) is 46.0 Å². The minimum atomic E-state index is 0.0708. The molecule has 37 heavy (non-hydrogen) atoms. The van der Waals surface area contributed by atoms with E-state index in [1.807, 2.05) is 0 Å². The van der Waals surface area contributed by atoms with Crippen LogP contribution in [0.4, 0.5) is 0 Å². The molecule has 0 radical (unpaired) electrons. The molecule has 0 aromatic heterocycles. The lowest BCUT2D eigenvalue weighted by Gasteiger charge is -2.56. The smallest absolute Gasteiger partial charge is 0.251 e. The van der Waals surface area contributed by atoms with E-state index >= 15 is 0 Å². The van der Waals surface area contributed by atoms with Crippen LogP contribution in [0.25, 0.3) is 0 Å². The van der Waals surface area contributed by atoms with Gasteiger partial charge in [0.15, 0.2) is 0 Å². The zero-order chi connectivity index (χ0) is 25.8. The van der Waals surface area contributed by atoms with Crippen LogP contribution in [0.2, 0.25) is 0 Å². The Morgan fingerprint density at radius 3 is 2.68 bits per heavy atom. The normalized spacial score (nSPS) is 35.6. The van der Waals surface area contributed by atoms with Crippen molar-refractivity contribution < 1.29 is 9.53 Å². The summed E-state index contributed by atoms with van der Waals surface area (Å²) < 4.78 is 5.98. The average Bonchev–Trinajstić information content (AvgIpc) is 3.49. The van der Waals surface area contributed by atoms with Crippen LogP contribution < -0.4 is 5.32 Å². The third-order valence-corrected chi connectivity index (χ3v) is 11.0. The van der Waals surface area contributed by atoms with Gasteiger partial charge in [-0.15, -0.1) is 0 Å². The van der Waals surface area contributed by atoms with E-state index in [4.69, 9.17) is 4.74 Å². The molecule has 0 unspecified atom stereocenters. The largest absolute Gasteiger partial charge is 0.376 e. The van der Waals surface area contributed by atoms with Gasteiger partial charge in [-0.05, 0) is 109 Å². The predicted octanol–water partition coefficient (Wildman–Crippen LogP) is 6.63. The van der Waals surface area contributed by atoms with Crippen molar-refractivity contribution in [1.82, 2.24) is 10.2 Å². The van der Waals surface area contributed by atoms with Gasteiger partial charge in [0.05, 0.1) is 6.10 Å². The number of carbonyl (C=O) groups is 1. The molecular formula is C33H48N2O2. The first-order valence-electron chi connectivity index (χ1n) is 15.3. The second-order valence-electron chi connectivity index (χ2n) is 13.7. The molecule has 2 aliphatic heterocycles. The fourth-order valence-electron chi connectivity index (χ4n) is 8.93. The molecule has 2 fully saturated rings. The molecule has 1 aromatic carbocycles. The van der Waals surface area contributed by atoms with Crippen LogP contribution in [0, 0.1) is 11.3 Å². The maximum Gasteiger partial charge on any atom is 0.251 e. The van der Waals surface area contributed by atoms with E-state index in [0.717, 1.165) is 57.4 Å². The Morgan fingerprint density at radius 2 is 1.89 bits per heavy atom. The molecule has 1 saturated carbocycles. The Kier molecular flexibility index (Phi) is 6.80. The van der Waals surface area contributed by atoms with Gasteiger partial charge in [-0.25, -0.2) is 0 Å². The highest BCUT2D eigenvalue weighted by Gasteiger charge is 2.52. The van der Waals surface area contributed by atoms with Crippen LogP contribution >= 0.6 is 0 Å². The standard InChI is InChI=1S/C33H48N2O2/c1-22(2)23-12-14-28-24(19-23)13-15-29-32(3,16-8-17-33(28,29)4)21-34-30-26-10-5-6-11-27(26)31(36)35(30)20-25-9-7-18-37-25/h12,14,19,22,25,29-30,34H,5-11,13,15-18,20-21H2,1-4H3/t25-,29-,30+,32+,33+/m1/s1. The first-order chi connectivity index (χ1) is 17.8. The molecule has 5 atom stereocenters. The highest BCUT2D eigenvalue weighted by molar-refractivity contribution is 5.97. The number of carbonyl (C=O) groups excluding carboxylic acids is 1. The van der Waals surface area contributed by atoms with Gasteiger partial charge >= 0.3 is 0 Å². The van der Waals surface area contributed by atoms with Gasteiger partial charge in [-0.1, -0.05) is 52.3 Å². The van der Waals surface area contributed by atoms with Crippen molar-refractivity contribution in [3.63, 3.8) is 0 Å². The van der Waals surface area contributed by atoms with Gasteiger partial charge in [-0.2, -0.15) is 0 Å². The molecule has 5 aliphatic rings. The summed E-state index contributed by atoms with van der Waals surface area (Å²) in [5, 5.41) is 4.04. The molecule has 3 aliphatic carbocycles. The maximum absolute atomic E-state index is 13.5. The van der Waals surface area contributed by atoms with Crippen LogP contribution in [-0.2, 0) is 21.4 Å². The lowest BCUT2D eigenvalue weighted by atomic mass is 9.49.